The van der Waals surface area contributed by atoms with Crippen molar-refractivity contribution < 1.29 is 19.4 Å². The summed E-state index contributed by atoms with van der Waals surface area (Å²) in [4.78, 5) is 31.0. The van der Waals surface area contributed by atoms with Gasteiger partial charge < -0.3 is 0 Å². The molecule has 0 N–H and O–H groups in total. The van der Waals surface area contributed by atoms with E-state index in [0.29, 0.717) is 5.56 Å². The lowest BCUT2D eigenvalue weighted by atomic mass is 10.2. The van der Waals surface area contributed by atoms with Crippen LogP contribution < -0.4 is 0 Å². The third-order valence-electron chi connectivity index (χ3n) is 1.74. The summed E-state index contributed by atoms with van der Waals surface area (Å²) in [6.07, 6.45) is 6.04. The Balaban J connectivity index is 2.41. The van der Waals surface area contributed by atoms with E-state index in [1.807, 2.05) is 6.92 Å². The number of hydrogen-bond acceptors (Lipinski definition) is 4. The molecule has 0 atom stereocenters. The molecule has 0 spiro atoms. The lowest BCUT2D eigenvalue weighted by Crippen LogP contribution is -2.09. The quantitative estimate of drug-likeness (QED) is 0.347. The monoisotopic (exact) mass is 232 g/mol. The Bertz CT molecular complexity index is 432. The predicted molar refractivity (Wildman–Crippen MR) is 61.9 cm³/mol. The fraction of sp³-hybridized carbons (Fsp3) is 0.0769. The molecule has 0 saturated carbocycles. The molecule has 0 heterocycles. The van der Waals surface area contributed by atoms with Crippen LogP contribution in [0.25, 0.3) is 0 Å². The van der Waals surface area contributed by atoms with Crippen molar-refractivity contribution in [3.63, 3.8) is 0 Å². The zero-order valence-electron chi connectivity index (χ0n) is 9.33. The van der Waals surface area contributed by atoms with Gasteiger partial charge in [-0.1, -0.05) is 36.4 Å². The zero-order valence-corrected chi connectivity index (χ0v) is 9.33. The van der Waals surface area contributed by atoms with E-state index in [0.717, 1.165) is 6.08 Å². The topological polar surface area (TPSA) is 52.6 Å². The first-order chi connectivity index (χ1) is 8.24. The van der Waals surface area contributed by atoms with Crippen molar-refractivity contribution >= 4 is 11.9 Å². The fourth-order valence-electron chi connectivity index (χ4n) is 0.974. The standard InChI is InChI=1S/C13H12O4/c1-2-3-5-10-12(14)16-17-13(15)11-8-6-4-7-9-11/h2-10H,1H3/b3-2+,10-5+. The summed E-state index contributed by atoms with van der Waals surface area (Å²) in [5.74, 6) is -1.45. The van der Waals surface area contributed by atoms with Crippen LogP contribution in [-0.4, -0.2) is 11.9 Å². The molecule has 0 bridgehead atoms. The van der Waals surface area contributed by atoms with E-state index in [2.05, 4.69) is 9.78 Å². The summed E-state index contributed by atoms with van der Waals surface area (Å²) in [7, 11) is 0. The van der Waals surface area contributed by atoms with Crippen molar-refractivity contribution in [1.82, 2.24) is 0 Å². The van der Waals surface area contributed by atoms with Gasteiger partial charge in [-0.05, 0) is 19.1 Å². The lowest BCUT2D eigenvalue weighted by molar-refractivity contribution is -0.228. The molecule has 0 aliphatic rings. The van der Waals surface area contributed by atoms with E-state index in [-0.39, 0.29) is 0 Å². The van der Waals surface area contributed by atoms with Gasteiger partial charge in [-0.3, -0.25) is 0 Å². The van der Waals surface area contributed by atoms with Gasteiger partial charge >= 0.3 is 11.9 Å². The second-order valence-electron chi connectivity index (χ2n) is 3.02. The molecule has 4 nitrogen and oxygen atoms in total. The van der Waals surface area contributed by atoms with E-state index >= 15 is 0 Å². The SMILES string of the molecule is C/C=C/C=C/C(=O)OOC(=O)c1ccccc1. The number of benzene rings is 1. The largest absolute Gasteiger partial charge is 0.386 e. The molecule has 1 rings (SSSR count). The summed E-state index contributed by atoms with van der Waals surface area (Å²) < 4.78 is 0. The molecule has 4 heteroatoms. The van der Waals surface area contributed by atoms with Crippen molar-refractivity contribution in [2.24, 2.45) is 0 Å². The Labute approximate surface area is 99.1 Å². The molecule has 0 aliphatic heterocycles. The molecule has 88 valence electrons. The van der Waals surface area contributed by atoms with E-state index in [1.54, 1.807) is 42.5 Å². The summed E-state index contributed by atoms with van der Waals surface area (Å²) >= 11 is 0. The molecule has 0 fully saturated rings. The molecule has 1 aromatic rings. The predicted octanol–water partition coefficient (Wildman–Crippen LogP) is 2.43. The van der Waals surface area contributed by atoms with Crippen LogP contribution in [0, 0.1) is 0 Å². The zero-order chi connectivity index (χ0) is 12.5. The first kappa shape index (κ1) is 12.7. The van der Waals surface area contributed by atoms with Crippen molar-refractivity contribution in [3.8, 4) is 0 Å². The Morgan fingerprint density at radius 3 is 2.41 bits per heavy atom. The molecule has 17 heavy (non-hydrogen) atoms. The van der Waals surface area contributed by atoms with Gasteiger partial charge in [0.2, 0.25) is 0 Å². The first-order valence-corrected chi connectivity index (χ1v) is 5.01. The molecule has 0 unspecified atom stereocenters. The van der Waals surface area contributed by atoms with Crippen molar-refractivity contribution in [3.05, 3.63) is 60.2 Å². The highest BCUT2D eigenvalue weighted by atomic mass is 17.2. The second kappa shape index (κ2) is 7.00. The van der Waals surface area contributed by atoms with Crippen molar-refractivity contribution in [2.45, 2.75) is 6.92 Å². The molecular formula is C13H12O4. The van der Waals surface area contributed by atoms with Crippen LogP contribution in [0.4, 0.5) is 0 Å². The summed E-state index contributed by atoms with van der Waals surface area (Å²) in [5, 5.41) is 0. The maximum absolute atomic E-state index is 11.3. The number of carbonyl (C=O) groups excluding carboxylic acids is 2. The van der Waals surface area contributed by atoms with Crippen LogP contribution in [0.15, 0.2) is 54.6 Å². The molecular weight excluding hydrogens is 220 g/mol. The van der Waals surface area contributed by atoms with Gasteiger partial charge in [0.05, 0.1) is 5.56 Å². The van der Waals surface area contributed by atoms with E-state index in [1.165, 1.54) is 6.08 Å². The number of allylic oxidation sites excluding steroid dienone is 3. The van der Waals surface area contributed by atoms with Crippen molar-refractivity contribution in [1.29, 1.82) is 0 Å². The maximum Gasteiger partial charge on any atom is 0.386 e. The van der Waals surface area contributed by atoms with E-state index in [9.17, 15) is 9.59 Å². The highest BCUT2D eigenvalue weighted by molar-refractivity contribution is 5.90. The average Bonchev–Trinajstić information content (AvgIpc) is 2.37. The van der Waals surface area contributed by atoms with E-state index < -0.39 is 11.9 Å². The Morgan fingerprint density at radius 2 is 1.76 bits per heavy atom. The third kappa shape index (κ3) is 4.79. The molecule has 1 aromatic carbocycles. The van der Waals surface area contributed by atoms with Gasteiger partial charge in [-0.15, -0.1) is 0 Å². The van der Waals surface area contributed by atoms with Gasteiger partial charge in [0.25, 0.3) is 0 Å². The summed E-state index contributed by atoms with van der Waals surface area (Å²) in [5.41, 5.74) is 0.317. The van der Waals surface area contributed by atoms with Gasteiger partial charge in [0, 0.05) is 6.08 Å². The van der Waals surface area contributed by atoms with E-state index in [4.69, 9.17) is 0 Å². The minimum atomic E-state index is -0.743. The Morgan fingerprint density at radius 1 is 1.06 bits per heavy atom. The summed E-state index contributed by atoms with van der Waals surface area (Å²) in [6, 6.07) is 8.26. The molecule has 0 aliphatic carbocycles. The molecule has 0 aromatic heterocycles. The lowest BCUT2D eigenvalue weighted by Gasteiger charge is -2.00. The number of rotatable bonds is 3. The maximum atomic E-state index is 11.3. The fourth-order valence-corrected chi connectivity index (χ4v) is 0.974. The number of hydrogen-bond donors (Lipinski definition) is 0. The highest BCUT2D eigenvalue weighted by Crippen LogP contribution is 2.01. The normalized spacial score (nSPS) is 10.6. The minimum absolute atomic E-state index is 0.317. The van der Waals surface area contributed by atoms with Gasteiger partial charge in [-0.2, -0.15) is 0 Å². The average molecular weight is 232 g/mol. The smallest absolute Gasteiger partial charge is 0.242 e. The molecule has 0 amide bonds. The van der Waals surface area contributed by atoms with Crippen LogP contribution in [0.5, 0.6) is 0 Å². The Hall–Kier alpha value is -2.36. The number of carbonyl (C=O) groups is 2. The first-order valence-electron chi connectivity index (χ1n) is 5.01. The third-order valence-corrected chi connectivity index (χ3v) is 1.74. The van der Waals surface area contributed by atoms with Crippen LogP contribution >= 0.6 is 0 Å². The van der Waals surface area contributed by atoms with Crippen molar-refractivity contribution in [2.75, 3.05) is 0 Å². The Kier molecular flexibility index (Phi) is 5.24. The van der Waals surface area contributed by atoms with Gasteiger partial charge in [-0.25, -0.2) is 19.4 Å². The highest BCUT2D eigenvalue weighted by Gasteiger charge is 2.09. The van der Waals surface area contributed by atoms with Crippen LogP contribution in [0.1, 0.15) is 17.3 Å². The molecule has 0 saturated heterocycles. The van der Waals surface area contributed by atoms with Crippen LogP contribution in [-0.2, 0) is 14.6 Å². The van der Waals surface area contributed by atoms with Crippen LogP contribution in [0.3, 0.4) is 0 Å². The van der Waals surface area contributed by atoms with Gasteiger partial charge in [0.15, 0.2) is 0 Å². The van der Waals surface area contributed by atoms with Gasteiger partial charge in [0.1, 0.15) is 0 Å². The molecule has 0 radical (unpaired) electrons. The second-order valence-corrected chi connectivity index (χ2v) is 3.02. The van der Waals surface area contributed by atoms with Crippen LogP contribution in [0.2, 0.25) is 0 Å². The minimum Gasteiger partial charge on any atom is -0.242 e. The summed E-state index contributed by atoms with van der Waals surface area (Å²) in [6.45, 7) is 1.81.